The highest BCUT2D eigenvalue weighted by Gasteiger charge is 2.42. The van der Waals surface area contributed by atoms with E-state index in [-0.39, 0.29) is 16.8 Å². The van der Waals surface area contributed by atoms with Crippen molar-refractivity contribution in [3.05, 3.63) is 57.3 Å². The number of hydrogen-bond acceptors (Lipinski definition) is 6. The van der Waals surface area contributed by atoms with Gasteiger partial charge in [-0.05, 0) is 35.3 Å². The fourth-order valence-electron chi connectivity index (χ4n) is 3.99. The van der Waals surface area contributed by atoms with Gasteiger partial charge < -0.3 is 10.3 Å². The van der Waals surface area contributed by atoms with E-state index in [0.29, 0.717) is 28.5 Å². The smallest absolute Gasteiger partial charge is 0.257 e. The van der Waals surface area contributed by atoms with Gasteiger partial charge in [0.25, 0.3) is 5.56 Å². The zero-order valence-electron chi connectivity index (χ0n) is 15.6. The number of Topliss-reactive ketones (excluding diaryl/α,β-unsaturated/α-hetero) is 1. The first-order chi connectivity index (χ1) is 12.9. The summed E-state index contributed by atoms with van der Waals surface area (Å²) in [6.07, 6.45) is 4.61. The third-order valence-electron chi connectivity index (χ3n) is 5.02. The van der Waals surface area contributed by atoms with E-state index >= 15 is 0 Å². The first-order valence-electron chi connectivity index (χ1n) is 9.10. The first-order valence-corrected chi connectivity index (χ1v) is 10.1. The molecule has 0 saturated heterocycles. The van der Waals surface area contributed by atoms with Crippen molar-refractivity contribution in [2.45, 2.75) is 44.7 Å². The van der Waals surface area contributed by atoms with E-state index in [1.54, 1.807) is 12.4 Å². The largest absolute Gasteiger partial charge is 0.343 e. The molecule has 2 aliphatic rings. The molecule has 27 heavy (non-hydrogen) atoms. The minimum absolute atomic E-state index is 0.0904. The van der Waals surface area contributed by atoms with Crippen LogP contribution in [0.25, 0.3) is 0 Å². The SMILES string of the molecule is CCSc1nc2c(c(=O)[nH]1)C(c1ccncc1)C1=C(CC(C)(C)CC1=O)N2. The molecule has 7 heteroatoms. The molecule has 0 fully saturated rings. The quantitative estimate of drug-likeness (QED) is 0.624. The number of nitrogens with one attached hydrogen (secondary N) is 2. The molecular formula is C20H22N4O2S. The van der Waals surface area contributed by atoms with Gasteiger partial charge in [-0.15, -0.1) is 0 Å². The molecule has 6 nitrogen and oxygen atoms in total. The zero-order valence-corrected chi connectivity index (χ0v) is 16.4. The number of pyridine rings is 1. The van der Waals surface area contributed by atoms with Gasteiger partial charge >= 0.3 is 0 Å². The van der Waals surface area contributed by atoms with Crippen LogP contribution in [-0.2, 0) is 4.79 Å². The number of fused-ring (bicyclic) bond motifs is 1. The van der Waals surface area contributed by atoms with Crippen LogP contribution >= 0.6 is 11.8 Å². The van der Waals surface area contributed by atoms with Gasteiger partial charge in [-0.25, -0.2) is 4.98 Å². The Balaban J connectivity index is 1.95. The number of rotatable bonds is 3. The normalized spacial score (nSPS) is 20.7. The molecule has 2 N–H and O–H groups in total. The second-order valence-corrected chi connectivity index (χ2v) is 8.99. The van der Waals surface area contributed by atoms with Crippen molar-refractivity contribution in [2.24, 2.45) is 5.41 Å². The third kappa shape index (κ3) is 3.20. The number of carbonyl (C=O) groups is 1. The van der Waals surface area contributed by atoms with Gasteiger partial charge in [-0.2, -0.15) is 0 Å². The highest BCUT2D eigenvalue weighted by atomic mass is 32.2. The summed E-state index contributed by atoms with van der Waals surface area (Å²) in [5, 5.41) is 3.91. The van der Waals surface area contributed by atoms with E-state index in [0.717, 1.165) is 23.4 Å². The van der Waals surface area contributed by atoms with Crippen LogP contribution in [0.3, 0.4) is 0 Å². The van der Waals surface area contributed by atoms with E-state index in [1.165, 1.54) is 11.8 Å². The van der Waals surface area contributed by atoms with Crippen molar-refractivity contribution in [2.75, 3.05) is 11.1 Å². The van der Waals surface area contributed by atoms with Crippen molar-refractivity contribution in [1.29, 1.82) is 0 Å². The number of ketones is 1. The molecular weight excluding hydrogens is 360 g/mol. The number of thioether (sulfide) groups is 1. The van der Waals surface area contributed by atoms with Gasteiger partial charge in [0, 0.05) is 36.0 Å². The van der Waals surface area contributed by atoms with Crippen LogP contribution in [0, 0.1) is 5.41 Å². The second-order valence-electron chi connectivity index (χ2n) is 7.74. The number of allylic oxidation sites excluding steroid dienone is 2. The fraction of sp³-hybridized carbons (Fsp3) is 0.400. The Labute approximate surface area is 161 Å². The molecule has 0 radical (unpaired) electrons. The number of nitrogens with zero attached hydrogens (tertiary/aromatic N) is 2. The number of hydrogen-bond donors (Lipinski definition) is 2. The average Bonchev–Trinajstić information content (AvgIpc) is 2.60. The van der Waals surface area contributed by atoms with Gasteiger partial charge in [0.2, 0.25) is 0 Å². The highest BCUT2D eigenvalue weighted by molar-refractivity contribution is 7.99. The minimum Gasteiger partial charge on any atom is -0.343 e. The number of anilines is 1. The van der Waals surface area contributed by atoms with E-state index in [9.17, 15) is 9.59 Å². The second kappa shape index (κ2) is 6.64. The molecule has 4 rings (SSSR count). The molecule has 0 spiro atoms. The number of aromatic nitrogens is 3. The summed E-state index contributed by atoms with van der Waals surface area (Å²) in [7, 11) is 0. The van der Waals surface area contributed by atoms with Crippen LogP contribution in [0.15, 0.2) is 45.7 Å². The Morgan fingerprint density at radius 1 is 1.22 bits per heavy atom. The standard InChI is InChI=1S/C20H22N4O2S/c1-4-27-19-23-17-16(18(26)24-19)14(11-5-7-21-8-6-11)15-12(22-17)9-20(2,3)10-13(15)25/h5-8,14H,4,9-10H2,1-3H3,(H2,22,23,24,26). The van der Waals surface area contributed by atoms with Gasteiger partial charge in [0.15, 0.2) is 10.9 Å². The van der Waals surface area contributed by atoms with Gasteiger partial charge in [-0.1, -0.05) is 32.5 Å². The fourth-order valence-corrected chi connectivity index (χ4v) is 4.58. The molecule has 2 aromatic heterocycles. The molecule has 0 bridgehead atoms. The molecule has 140 valence electrons. The maximum atomic E-state index is 13.1. The summed E-state index contributed by atoms with van der Waals surface area (Å²) in [4.78, 5) is 37.6. The molecule has 1 aliphatic carbocycles. The highest BCUT2D eigenvalue weighted by Crippen LogP contribution is 2.47. The predicted molar refractivity (Wildman–Crippen MR) is 106 cm³/mol. The van der Waals surface area contributed by atoms with Gasteiger partial charge in [0.05, 0.1) is 5.56 Å². The molecule has 3 heterocycles. The lowest BCUT2D eigenvalue weighted by Gasteiger charge is -2.38. The Bertz CT molecular complexity index is 995. The molecule has 0 saturated carbocycles. The first kappa shape index (κ1) is 18.0. The van der Waals surface area contributed by atoms with E-state index < -0.39 is 5.92 Å². The Morgan fingerprint density at radius 2 is 1.96 bits per heavy atom. The Kier molecular flexibility index (Phi) is 4.42. The monoisotopic (exact) mass is 382 g/mol. The van der Waals surface area contributed by atoms with Crippen molar-refractivity contribution < 1.29 is 4.79 Å². The molecule has 1 unspecified atom stereocenters. The summed E-state index contributed by atoms with van der Waals surface area (Å²) >= 11 is 1.49. The van der Waals surface area contributed by atoms with Gasteiger partial charge in [-0.3, -0.25) is 14.6 Å². The maximum absolute atomic E-state index is 13.1. The summed E-state index contributed by atoms with van der Waals surface area (Å²) < 4.78 is 0. The summed E-state index contributed by atoms with van der Waals surface area (Å²) in [6, 6.07) is 3.73. The predicted octanol–water partition coefficient (Wildman–Crippen LogP) is 3.48. The van der Waals surface area contributed by atoms with Crippen molar-refractivity contribution >= 4 is 23.4 Å². The third-order valence-corrected chi connectivity index (χ3v) is 5.78. The zero-order chi connectivity index (χ0) is 19.2. The number of H-pyrrole nitrogens is 1. The molecule has 2 aromatic rings. The van der Waals surface area contributed by atoms with Gasteiger partial charge in [0.1, 0.15) is 5.82 Å². The lowest BCUT2D eigenvalue weighted by Crippen LogP contribution is -2.37. The summed E-state index contributed by atoms with van der Waals surface area (Å²) in [6.45, 7) is 6.20. The van der Waals surface area contributed by atoms with Crippen LogP contribution in [-0.4, -0.2) is 26.5 Å². The summed E-state index contributed by atoms with van der Waals surface area (Å²) in [5.41, 5.74) is 2.65. The Hall–Kier alpha value is -2.41. The van der Waals surface area contributed by atoms with Crippen LogP contribution < -0.4 is 10.9 Å². The molecule has 0 aromatic carbocycles. The van der Waals surface area contributed by atoms with E-state index in [1.807, 2.05) is 19.1 Å². The van der Waals surface area contributed by atoms with Crippen LogP contribution in [0.4, 0.5) is 5.82 Å². The van der Waals surface area contributed by atoms with Crippen molar-refractivity contribution in [1.82, 2.24) is 15.0 Å². The van der Waals surface area contributed by atoms with Crippen LogP contribution in [0.5, 0.6) is 0 Å². The lowest BCUT2D eigenvalue weighted by molar-refractivity contribution is -0.118. The molecule has 1 aliphatic heterocycles. The molecule has 1 atom stereocenters. The minimum atomic E-state index is -0.417. The Morgan fingerprint density at radius 3 is 2.67 bits per heavy atom. The maximum Gasteiger partial charge on any atom is 0.257 e. The number of carbonyl (C=O) groups excluding carboxylic acids is 1. The lowest BCUT2D eigenvalue weighted by atomic mass is 9.69. The van der Waals surface area contributed by atoms with Crippen LogP contribution in [0.1, 0.15) is 50.7 Å². The van der Waals surface area contributed by atoms with E-state index in [2.05, 4.69) is 34.1 Å². The average molecular weight is 382 g/mol. The topological polar surface area (TPSA) is 87.7 Å². The van der Waals surface area contributed by atoms with Crippen LogP contribution in [0.2, 0.25) is 0 Å². The number of aromatic amines is 1. The van der Waals surface area contributed by atoms with E-state index in [4.69, 9.17) is 0 Å². The summed E-state index contributed by atoms with van der Waals surface area (Å²) in [5.74, 6) is 1.04. The van der Waals surface area contributed by atoms with Crippen molar-refractivity contribution in [3.8, 4) is 0 Å². The molecule has 0 amide bonds. The van der Waals surface area contributed by atoms with Crippen molar-refractivity contribution in [3.63, 3.8) is 0 Å².